The second-order valence-corrected chi connectivity index (χ2v) is 4.72. The van der Waals surface area contributed by atoms with Crippen LogP contribution in [0.3, 0.4) is 0 Å². The molecule has 0 radical (unpaired) electrons. The molecule has 0 saturated heterocycles. The van der Waals surface area contributed by atoms with Crippen molar-refractivity contribution in [3.63, 3.8) is 0 Å². The summed E-state index contributed by atoms with van der Waals surface area (Å²) in [6.45, 7) is -0.310. The van der Waals surface area contributed by atoms with E-state index in [9.17, 15) is 9.18 Å². The van der Waals surface area contributed by atoms with Gasteiger partial charge in [-0.2, -0.15) is 0 Å². The van der Waals surface area contributed by atoms with Crippen LogP contribution in [-0.4, -0.2) is 13.0 Å². The van der Waals surface area contributed by atoms with E-state index < -0.39 is 0 Å². The van der Waals surface area contributed by atoms with Gasteiger partial charge in [-0.1, -0.05) is 37.5 Å². The molecule has 0 bridgehead atoms. The molecule has 1 aliphatic carbocycles. The maximum atomic E-state index is 13.4. The smallest absolute Gasteiger partial charge is 0.150 e. The predicted octanol–water partition coefficient (Wildman–Crippen LogP) is 3.67. The molecule has 1 aliphatic rings. The Balaban J connectivity index is 2.34. The normalized spacial score (nSPS) is 19.3. The topological polar surface area (TPSA) is 17.1 Å². The van der Waals surface area contributed by atoms with E-state index >= 15 is 0 Å². The molecule has 0 aromatic heterocycles. The van der Waals surface area contributed by atoms with E-state index in [2.05, 4.69) is 0 Å². The van der Waals surface area contributed by atoms with E-state index in [1.807, 2.05) is 18.2 Å². The van der Waals surface area contributed by atoms with Crippen LogP contribution in [0, 0.1) is 0 Å². The zero-order chi connectivity index (χ0) is 11.4. The maximum Gasteiger partial charge on any atom is 0.150 e. The third kappa shape index (κ3) is 2.01. The van der Waals surface area contributed by atoms with Gasteiger partial charge in [0, 0.05) is 11.0 Å². The van der Waals surface area contributed by atoms with Crippen molar-refractivity contribution in [1.82, 2.24) is 0 Å². The number of hydrogen-bond donors (Lipinski definition) is 0. The van der Waals surface area contributed by atoms with E-state index in [0.29, 0.717) is 5.56 Å². The average molecular weight is 220 g/mol. The quantitative estimate of drug-likeness (QED) is 0.710. The zero-order valence-electron chi connectivity index (χ0n) is 9.42. The molecule has 1 aromatic carbocycles. The van der Waals surface area contributed by atoms with Gasteiger partial charge < -0.3 is 0 Å². The molecule has 0 amide bonds. The summed E-state index contributed by atoms with van der Waals surface area (Å²) in [7, 11) is 0. The molecule has 16 heavy (non-hydrogen) atoms. The van der Waals surface area contributed by atoms with Gasteiger partial charge in [-0.15, -0.1) is 0 Å². The van der Waals surface area contributed by atoms with Crippen LogP contribution in [-0.2, 0) is 5.41 Å². The average Bonchev–Trinajstić information content (AvgIpc) is 2.39. The van der Waals surface area contributed by atoms with E-state index in [1.54, 1.807) is 6.07 Å². The zero-order valence-corrected chi connectivity index (χ0v) is 9.42. The standard InChI is InChI=1S/C14H17FO/c15-11-14(7-2-1-3-8-14)13-6-4-5-12(9-13)10-16/h4-6,9-10H,1-3,7-8,11H2. The summed E-state index contributed by atoms with van der Waals surface area (Å²) in [5, 5.41) is 0. The Morgan fingerprint density at radius 3 is 2.62 bits per heavy atom. The molecule has 1 nitrogen and oxygen atoms in total. The van der Waals surface area contributed by atoms with Crippen molar-refractivity contribution in [2.24, 2.45) is 0 Å². The lowest BCUT2D eigenvalue weighted by atomic mass is 9.70. The van der Waals surface area contributed by atoms with Gasteiger partial charge in [0.25, 0.3) is 0 Å². The molecule has 0 heterocycles. The van der Waals surface area contributed by atoms with Gasteiger partial charge in [0.05, 0.1) is 6.67 Å². The Morgan fingerprint density at radius 1 is 1.25 bits per heavy atom. The summed E-state index contributed by atoms with van der Waals surface area (Å²) >= 11 is 0. The van der Waals surface area contributed by atoms with Crippen LogP contribution < -0.4 is 0 Å². The summed E-state index contributed by atoms with van der Waals surface area (Å²) in [5.74, 6) is 0. The lowest BCUT2D eigenvalue weighted by molar-refractivity contribution is 0.112. The van der Waals surface area contributed by atoms with Crippen molar-refractivity contribution >= 4 is 6.29 Å². The minimum absolute atomic E-state index is 0.310. The number of rotatable bonds is 3. The van der Waals surface area contributed by atoms with Gasteiger partial charge in [0.1, 0.15) is 6.29 Å². The minimum atomic E-state index is -0.322. The van der Waals surface area contributed by atoms with Crippen LogP contribution in [0.2, 0.25) is 0 Å². The molecular weight excluding hydrogens is 203 g/mol. The summed E-state index contributed by atoms with van der Waals surface area (Å²) in [5.41, 5.74) is 1.33. The molecule has 0 unspecified atom stereocenters. The van der Waals surface area contributed by atoms with Gasteiger partial charge in [-0.3, -0.25) is 9.18 Å². The first-order valence-electron chi connectivity index (χ1n) is 5.92. The lowest BCUT2D eigenvalue weighted by Gasteiger charge is -2.35. The van der Waals surface area contributed by atoms with Crippen LogP contribution >= 0.6 is 0 Å². The molecule has 1 saturated carbocycles. The summed E-state index contributed by atoms with van der Waals surface area (Å²) in [6, 6.07) is 7.42. The fourth-order valence-electron chi connectivity index (χ4n) is 2.67. The Labute approximate surface area is 95.7 Å². The summed E-state index contributed by atoms with van der Waals surface area (Å²) in [6.07, 6.45) is 6.04. The van der Waals surface area contributed by atoms with Crippen LogP contribution in [0.5, 0.6) is 0 Å². The Bertz CT molecular complexity index is 367. The molecule has 1 aromatic rings. The highest BCUT2D eigenvalue weighted by atomic mass is 19.1. The van der Waals surface area contributed by atoms with E-state index in [-0.39, 0.29) is 12.1 Å². The van der Waals surface area contributed by atoms with Crippen molar-refractivity contribution in [3.05, 3.63) is 35.4 Å². The number of aldehydes is 1. The van der Waals surface area contributed by atoms with Crippen molar-refractivity contribution in [2.45, 2.75) is 37.5 Å². The number of benzene rings is 1. The highest BCUT2D eigenvalue weighted by molar-refractivity contribution is 5.75. The molecule has 1 fully saturated rings. The Morgan fingerprint density at radius 2 is 2.00 bits per heavy atom. The van der Waals surface area contributed by atoms with Crippen LogP contribution in [0.1, 0.15) is 48.0 Å². The van der Waals surface area contributed by atoms with Crippen molar-refractivity contribution in [1.29, 1.82) is 0 Å². The first-order chi connectivity index (χ1) is 7.80. The molecule has 0 aliphatic heterocycles. The SMILES string of the molecule is O=Cc1cccc(C2(CF)CCCCC2)c1. The predicted molar refractivity (Wildman–Crippen MR) is 62.6 cm³/mol. The number of alkyl halides is 1. The molecule has 0 N–H and O–H groups in total. The monoisotopic (exact) mass is 220 g/mol. The lowest BCUT2D eigenvalue weighted by Crippen LogP contribution is -2.31. The highest BCUT2D eigenvalue weighted by Crippen LogP contribution is 2.39. The Kier molecular flexibility index (Phi) is 3.37. The summed E-state index contributed by atoms with van der Waals surface area (Å²) < 4.78 is 13.4. The van der Waals surface area contributed by atoms with Gasteiger partial charge in [-0.25, -0.2) is 0 Å². The van der Waals surface area contributed by atoms with Gasteiger partial charge >= 0.3 is 0 Å². The van der Waals surface area contributed by atoms with E-state index in [4.69, 9.17) is 0 Å². The van der Waals surface area contributed by atoms with Crippen molar-refractivity contribution in [2.75, 3.05) is 6.67 Å². The van der Waals surface area contributed by atoms with Crippen molar-refractivity contribution < 1.29 is 9.18 Å². The fourth-order valence-corrected chi connectivity index (χ4v) is 2.67. The number of hydrogen-bond acceptors (Lipinski definition) is 1. The second kappa shape index (κ2) is 4.77. The van der Waals surface area contributed by atoms with E-state index in [1.165, 1.54) is 6.42 Å². The number of carbonyl (C=O) groups is 1. The first kappa shape index (κ1) is 11.3. The molecule has 0 spiro atoms. The largest absolute Gasteiger partial charge is 0.298 e. The third-order valence-electron chi connectivity index (χ3n) is 3.70. The van der Waals surface area contributed by atoms with Crippen LogP contribution in [0.15, 0.2) is 24.3 Å². The van der Waals surface area contributed by atoms with Crippen LogP contribution in [0.25, 0.3) is 0 Å². The molecule has 0 atom stereocenters. The van der Waals surface area contributed by atoms with Gasteiger partial charge in [0.2, 0.25) is 0 Å². The first-order valence-corrected chi connectivity index (χ1v) is 5.92. The van der Waals surface area contributed by atoms with Crippen LogP contribution in [0.4, 0.5) is 4.39 Å². The number of halogens is 1. The second-order valence-electron chi connectivity index (χ2n) is 4.72. The third-order valence-corrected chi connectivity index (χ3v) is 3.70. The van der Waals surface area contributed by atoms with Gasteiger partial charge in [0.15, 0.2) is 0 Å². The molecule has 2 heteroatoms. The number of carbonyl (C=O) groups excluding carboxylic acids is 1. The fraction of sp³-hybridized carbons (Fsp3) is 0.500. The van der Waals surface area contributed by atoms with E-state index in [0.717, 1.165) is 37.5 Å². The molecule has 2 rings (SSSR count). The van der Waals surface area contributed by atoms with Gasteiger partial charge in [-0.05, 0) is 24.5 Å². The molecule has 86 valence electrons. The van der Waals surface area contributed by atoms with Crippen molar-refractivity contribution in [3.8, 4) is 0 Å². The molecular formula is C14H17FO. The minimum Gasteiger partial charge on any atom is -0.298 e. The maximum absolute atomic E-state index is 13.4. The highest BCUT2D eigenvalue weighted by Gasteiger charge is 2.33. The Hall–Kier alpha value is -1.18. The summed E-state index contributed by atoms with van der Waals surface area (Å²) in [4.78, 5) is 10.7.